The molecule has 0 radical (unpaired) electrons. The van der Waals surface area contributed by atoms with E-state index in [1.54, 1.807) is 4.68 Å². The van der Waals surface area contributed by atoms with Crippen LogP contribution in [-0.4, -0.2) is 40.9 Å². The molecular formula is C17H19F3N6S. The molecule has 0 aliphatic carbocycles. The molecule has 3 aromatic rings. The van der Waals surface area contributed by atoms with Crippen molar-refractivity contribution in [3.8, 4) is 0 Å². The Morgan fingerprint density at radius 3 is 2.37 bits per heavy atom. The lowest BCUT2D eigenvalue weighted by molar-refractivity contribution is -0.137. The molecule has 0 bridgehead atoms. The van der Waals surface area contributed by atoms with Gasteiger partial charge in [-0.3, -0.25) is 4.68 Å². The maximum Gasteiger partial charge on any atom is 0.416 e. The van der Waals surface area contributed by atoms with Crippen molar-refractivity contribution in [2.24, 2.45) is 7.05 Å². The van der Waals surface area contributed by atoms with Gasteiger partial charge in [0.15, 0.2) is 10.9 Å². The number of nitrogens with two attached hydrogens (primary N) is 1. The Morgan fingerprint density at radius 2 is 1.78 bits per heavy atom. The van der Waals surface area contributed by atoms with E-state index in [1.807, 2.05) is 14.0 Å². The first-order chi connectivity index (χ1) is 12.7. The number of piperazine rings is 1. The van der Waals surface area contributed by atoms with Gasteiger partial charge in [-0.05, 0) is 25.1 Å². The molecule has 10 heteroatoms. The molecule has 0 saturated carbocycles. The van der Waals surface area contributed by atoms with Gasteiger partial charge in [-0.2, -0.15) is 18.3 Å². The zero-order valence-electron chi connectivity index (χ0n) is 14.9. The average Bonchev–Trinajstić information content (AvgIpc) is 3.14. The SMILES string of the molecule is Cc1nn(C)c(N2CCN(c3nc4cc(C(F)(F)F)ccc4s3)CC2)c1N. The lowest BCUT2D eigenvalue weighted by Crippen LogP contribution is -2.47. The molecule has 3 heterocycles. The van der Waals surface area contributed by atoms with Crippen LogP contribution in [0.15, 0.2) is 18.2 Å². The molecule has 144 valence electrons. The number of halogens is 3. The first-order valence-electron chi connectivity index (χ1n) is 8.51. The third-order valence-corrected chi connectivity index (χ3v) is 5.89. The first-order valence-corrected chi connectivity index (χ1v) is 9.32. The smallest absolute Gasteiger partial charge is 0.394 e. The minimum Gasteiger partial charge on any atom is -0.394 e. The number of anilines is 3. The Hall–Kier alpha value is -2.49. The first kappa shape index (κ1) is 17.9. The third-order valence-electron chi connectivity index (χ3n) is 4.79. The van der Waals surface area contributed by atoms with E-state index in [0.29, 0.717) is 11.2 Å². The van der Waals surface area contributed by atoms with Crippen LogP contribution in [0, 0.1) is 6.92 Å². The van der Waals surface area contributed by atoms with Crippen LogP contribution >= 0.6 is 11.3 Å². The van der Waals surface area contributed by atoms with Crippen molar-refractivity contribution in [1.82, 2.24) is 14.8 Å². The van der Waals surface area contributed by atoms with E-state index in [2.05, 4.69) is 19.9 Å². The number of thiazole rings is 1. The van der Waals surface area contributed by atoms with Gasteiger partial charge >= 0.3 is 6.18 Å². The molecule has 6 nitrogen and oxygen atoms in total. The molecular weight excluding hydrogens is 377 g/mol. The number of fused-ring (bicyclic) bond motifs is 1. The third kappa shape index (κ3) is 3.18. The Kier molecular flexibility index (Phi) is 4.17. The zero-order valence-corrected chi connectivity index (χ0v) is 15.7. The van der Waals surface area contributed by atoms with Gasteiger partial charge in [-0.1, -0.05) is 11.3 Å². The predicted octanol–water partition coefficient (Wildman–Crippen LogP) is 3.27. The summed E-state index contributed by atoms with van der Waals surface area (Å²) < 4.78 is 41.2. The fourth-order valence-electron chi connectivity index (χ4n) is 3.37. The monoisotopic (exact) mass is 396 g/mol. The largest absolute Gasteiger partial charge is 0.416 e. The molecule has 27 heavy (non-hydrogen) atoms. The van der Waals surface area contributed by atoms with Gasteiger partial charge in [0.2, 0.25) is 0 Å². The van der Waals surface area contributed by atoms with Crippen molar-refractivity contribution in [2.75, 3.05) is 41.7 Å². The summed E-state index contributed by atoms with van der Waals surface area (Å²) in [5.74, 6) is 0.909. The molecule has 1 saturated heterocycles. The minimum atomic E-state index is -4.36. The molecule has 2 N–H and O–H groups in total. The van der Waals surface area contributed by atoms with Crippen molar-refractivity contribution in [3.63, 3.8) is 0 Å². The average molecular weight is 396 g/mol. The summed E-state index contributed by atoms with van der Waals surface area (Å²) in [6, 6.07) is 3.72. The maximum absolute atomic E-state index is 12.9. The van der Waals surface area contributed by atoms with E-state index in [0.717, 1.165) is 59.7 Å². The van der Waals surface area contributed by atoms with Gasteiger partial charge in [0.05, 0.1) is 27.2 Å². The molecule has 4 rings (SSSR count). The number of aromatic nitrogens is 3. The van der Waals surface area contributed by atoms with Crippen LogP contribution < -0.4 is 15.5 Å². The summed E-state index contributed by atoms with van der Waals surface area (Å²) in [4.78, 5) is 8.72. The Balaban J connectivity index is 1.52. The van der Waals surface area contributed by atoms with Crippen LogP contribution in [0.5, 0.6) is 0 Å². The van der Waals surface area contributed by atoms with Crippen molar-refractivity contribution in [3.05, 3.63) is 29.5 Å². The number of hydrogen-bond acceptors (Lipinski definition) is 6. The van der Waals surface area contributed by atoms with Crippen LogP contribution in [0.2, 0.25) is 0 Å². The standard InChI is InChI=1S/C17H19F3N6S/c1-10-14(21)15(24(2)23-10)25-5-7-26(8-6-25)16-22-12-9-11(17(18,19)20)3-4-13(12)27-16/h3-4,9H,5-8,21H2,1-2H3. The number of benzene rings is 1. The molecule has 1 aliphatic rings. The van der Waals surface area contributed by atoms with Crippen molar-refractivity contribution in [1.29, 1.82) is 0 Å². The minimum absolute atomic E-state index is 0.388. The number of nitrogen functional groups attached to an aromatic ring is 1. The molecule has 2 aromatic heterocycles. The number of hydrogen-bond donors (Lipinski definition) is 1. The molecule has 0 amide bonds. The molecule has 1 aromatic carbocycles. The van der Waals surface area contributed by atoms with E-state index in [9.17, 15) is 13.2 Å². The quantitative estimate of drug-likeness (QED) is 0.720. The van der Waals surface area contributed by atoms with Gasteiger partial charge in [-0.25, -0.2) is 4.98 Å². The highest BCUT2D eigenvalue weighted by molar-refractivity contribution is 7.22. The zero-order chi connectivity index (χ0) is 19.3. The Morgan fingerprint density at radius 1 is 1.11 bits per heavy atom. The summed E-state index contributed by atoms with van der Waals surface area (Å²) in [6.45, 7) is 4.80. The van der Waals surface area contributed by atoms with Crippen molar-refractivity contribution >= 4 is 38.2 Å². The summed E-state index contributed by atoms with van der Waals surface area (Å²) >= 11 is 1.42. The molecule has 0 spiro atoms. The molecule has 0 atom stereocenters. The van der Waals surface area contributed by atoms with Crippen LogP contribution in [0.3, 0.4) is 0 Å². The van der Waals surface area contributed by atoms with E-state index in [4.69, 9.17) is 5.73 Å². The van der Waals surface area contributed by atoms with E-state index < -0.39 is 11.7 Å². The lowest BCUT2D eigenvalue weighted by Gasteiger charge is -2.35. The summed E-state index contributed by atoms with van der Waals surface area (Å²) in [7, 11) is 1.87. The van der Waals surface area contributed by atoms with Crippen LogP contribution in [0.1, 0.15) is 11.3 Å². The fraction of sp³-hybridized carbons (Fsp3) is 0.412. The summed E-state index contributed by atoms with van der Waals surface area (Å²) in [5, 5.41) is 5.10. The topological polar surface area (TPSA) is 63.2 Å². The van der Waals surface area contributed by atoms with E-state index >= 15 is 0 Å². The lowest BCUT2D eigenvalue weighted by atomic mass is 10.2. The van der Waals surface area contributed by atoms with E-state index in [-0.39, 0.29) is 0 Å². The normalized spacial score (nSPS) is 15.7. The highest BCUT2D eigenvalue weighted by Crippen LogP contribution is 2.35. The number of rotatable bonds is 2. The Bertz CT molecular complexity index is 985. The second-order valence-electron chi connectivity index (χ2n) is 6.60. The highest BCUT2D eigenvalue weighted by atomic mass is 32.1. The van der Waals surface area contributed by atoms with Crippen LogP contribution in [-0.2, 0) is 13.2 Å². The molecule has 1 fully saturated rings. The highest BCUT2D eigenvalue weighted by Gasteiger charge is 2.31. The maximum atomic E-state index is 12.9. The van der Waals surface area contributed by atoms with E-state index in [1.165, 1.54) is 17.4 Å². The second-order valence-corrected chi connectivity index (χ2v) is 7.61. The van der Waals surface area contributed by atoms with Crippen molar-refractivity contribution in [2.45, 2.75) is 13.1 Å². The van der Waals surface area contributed by atoms with Crippen molar-refractivity contribution < 1.29 is 13.2 Å². The summed E-state index contributed by atoms with van der Waals surface area (Å²) in [5.41, 5.74) is 7.35. The van der Waals surface area contributed by atoms with Gasteiger partial charge < -0.3 is 15.5 Å². The summed E-state index contributed by atoms with van der Waals surface area (Å²) in [6.07, 6.45) is -4.36. The second kappa shape index (κ2) is 6.29. The molecule has 0 unspecified atom stereocenters. The number of aryl methyl sites for hydroxylation is 2. The number of alkyl halides is 3. The Labute approximate surface area is 158 Å². The van der Waals surface area contributed by atoms with Gasteiger partial charge in [0, 0.05) is 33.2 Å². The van der Waals surface area contributed by atoms with Gasteiger partial charge in [0.1, 0.15) is 0 Å². The van der Waals surface area contributed by atoms with Gasteiger partial charge in [0.25, 0.3) is 0 Å². The van der Waals surface area contributed by atoms with Crippen LogP contribution in [0.4, 0.5) is 29.8 Å². The van der Waals surface area contributed by atoms with Crippen LogP contribution in [0.25, 0.3) is 10.2 Å². The fourth-order valence-corrected chi connectivity index (χ4v) is 4.37. The predicted molar refractivity (Wildman–Crippen MR) is 101 cm³/mol. The molecule has 1 aliphatic heterocycles. The van der Waals surface area contributed by atoms with Gasteiger partial charge in [-0.15, -0.1) is 0 Å². The number of nitrogens with zero attached hydrogens (tertiary/aromatic N) is 5.